The smallest absolute Gasteiger partial charge is 0.342 e. The molecule has 3 aromatic rings. The number of benzene rings is 2. The first-order valence-corrected chi connectivity index (χ1v) is 9.72. The van der Waals surface area contributed by atoms with Gasteiger partial charge in [0, 0.05) is 0 Å². The topological polar surface area (TPSA) is 82.4 Å². The van der Waals surface area contributed by atoms with Crippen LogP contribution in [0.2, 0.25) is 0 Å². The Kier molecular flexibility index (Phi) is 6.51. The average Bonchev–Trinajstić information content (AvgIpc) is 3.01. The van der Waals surface area contributed by atoms with E-state index in [2.05, 4.69) is 10.4 Å². The quantitative estimate of drug-likeness (QED) is 0.599. The Labute approximate surface area is 175 Å². The maximum absolute atomic E-state index is 12.4. The predicted octanol–water partition coefficient (Wildman–Crippen LogP) is 3.99. The van der Waals surface area contributed by atoms with E-state index in [1.165, 1.54) is 0 Å². The molecule has 0 aliphatic carbocycles. The Hall–Kier alpha value is -3.61. The second-order valence-electron chi connectivity index (χ2n) is 6.85. The van der Waals surface area contributed by atoms with Crippen LogP contribution in [0.25, 0.3) is 5.69 Å². The molecule has 1 heterocycles. The van der Waals surface area contributed by atoms with E-state index in [-0.39, 0.29) is 5.56 Å². The Morgan fingerprint density at radius 3 is 2.43 bits per heavy atom. The molecule has 156 valence electrons. The molecule has 2 aromatic carbocycles. The molecule has 7 heteroatoms. The number of anilines is 1. The first-order chi connectivity index (χ1) is 14.4. The van der Waals surface area contributed by atoms with E-state index in [1.807, 2.05) is 52.0 Å². The summed E-state index contributed by atoms with van der Waals surface area (Å²) in [5, 5.41) is 7.31. The number of ether oxygens (including phenoxy) is 2. The first-order valence-electron chi connectivity index (χ1n) is 9.72. The lowest BCUT2D eigenvalue weighted by Gasteiger charge is -2.10. The third-order valence-corrected chi connectivity index (χ3v) is 4.58. The van der Waals surface area contributed by atoms with Gasteiger partial charge in [-0.25, -0.2) is 9.48 Å². The van der Waals surface area contributed by atoms with E-state index in [1.54, 1.807) is 28.9 Å². The van der Waals surface area contributed by atoms with Crippen LogP contribution in [0.3, 0.4) is 0 Å². The van der Waals surface area contributed by atoms with Gasteiger partial charge >= 0.3 is 5.97 Å². The van der Waals surface area contributed by atoms with Crippen molar-refractivity contribution in [3.05, 3.63) is 71.0 Å². The van der Waals surface area contributed by atoms with Crippen LogP contribution >= 0.6 is 0 Å². The number of nitrogens with zero attached hydrogens (tertiary/aromatic N) is 2. The van der Waals surface area contributed by atoms with Gasteiger partial charge in [-0.2, -0.15) is 5.10 Å². The predicted molar refractivity (Wildman–Crippen MR) is 114 cm³/mol. The molecule has 0 atom stereocenters. The minimum absolute atomic E-state index is 0.284. The number of aryl methyl sites for hydroxylation is 2. The fourth-order valence-electron chi connectivity index (χ4n) is 3.06. The normalized spacial score (nSPS) is 10.5. The van der Waals surface area contributed by atoms with Crippen molar-refractivity contribution in [2.24, 2.45) is 0 Å². The first kappa shape index (κ1) is 21.1. The summed E-state index contributed by atoms with van der Waals surface area (Å²) in [4.78, 5) is 24.7. The van der Waals surface area contributed by atoms with Gasteiger partial charge in [0.15, 0.2) is 6.61 Å². The van der Waals surface area contributed by atoms with Crippen LogP contribution in [0.1, 0.15) is 34.2 Å². The number of rotatable bonds is 7. The van der Waals surface area contributed by atoms with Crippen LogP contribution in [0, 0.1) is 20.8 Å². The van der Waals surface area contributed by atoms with Crippen LogP contribution in [0.4, 0.5) is 5.69 Å². The molecular weight excluding hydrogens is 382 g/mol. The molecular formula is C23H25N3O4. The molecule has 0 bridgehead atoms. The number of nitrogens with one attached hydrogen (secondary N) is 1. The molecule has 0 spiro atoms. The van der Waals surface area contributed by atoms with Gasteiger partial charge in [-0.05, 0) is 52.0 Å². The number of amides is 1. The zero-order valence-electron chi connectivity index (χ0n) is 17.6. The lowest BCUT2D eigenvalue weighted by Crippen LogP contribution is -2.21. The summed E-state index contributed by atoms with van der Waals surface area (Å²) < 4.78 is 12.4. The zero-order chi connectivity index (χ0) is 21.7. The van der Waals surface area contributed by atoms with E-state index < -0.39 is 18.5 Å². The fraction of sp³-hybridized carbons (Fsp3) is 0.261. The summed E-state index contributed by atoms with van der Waals surface area (Å²) in [6.45, 7) is 7.56. The molecule has 7 nitrogen and oxygen atoms in total. The summed E-state index contributed by atoms with van der Waals surface area (Å²) in [6, 6.07) is 14.7. The molecule has 0 radical (unpaired) electrons. The van der Waals surface area contributed by atoms with Gasteiger partial charge in [-0.15, -0.1) is 0 Å². The molecule has 1 amide bonds. The lowest BCUT2D eigenvalue weighted by molar-refractivity contribution is -0.119. The second kappa shape index (κ2) is 9.26. The standard InChI is InChI=1S/C23H25N3O4/c1-5-29-20-9-7-6-8-19(20)23(28)30-14-21(27)24-22-16(3)25-26(17(22)4)18-12-10-15(2)11-13-18/h6-13H,5,14H2,1-4H3,(H,24,27). The number of carbonyl (C=O) groups excluding carboxylic acids is 2. The van der Waals surface area contributed by atoms with Gasteiger partial charge in [0.25, 0.3) is 5.91 Å². The van der Waals surface area contributed by atoms with E-state index in [0.29, 0.717) is 23.7 Å². The average molecular weight is 407 g/mol. The van der Waals surface area contributed by atoms with Crippen molar-refractivity contribution in [1.29, 1.82) is 0 Å². The van der Waals surface area contributed by atoms with Crippen molar-refractivity contribution in [2.45, 2.75) is 27.7 Å². The molecule has 0 saturated heterocycles. The van der Waals surface area contributed by atoms with E-state index in [4.69, 9.17) is 9.47 Å². The van der Waals surface area contributed by atoms with Gasteiger partial charge in [-0.3, -0.25) is 4.79 Å². The second-order valence-corrected chi connectivity index (χ2v) is 6.85. The molecule has 0 unspecified atom stereocenters. The van der Waals surface area contributed by atoms with Crippen molar-refractivity contribution in [3.63, 3.8) is 0 Å². The highest BCUT2D eigenvalue weighted by Crippen LogP contribution is 2.23. The van der Waals surface area contributed by atoms with E-state index in [9.17, 15) is 9.59 Å². The highest BCUT2D eigenvalue weighted by Gasteiger charge is 2.18. The number of carbonyl (C=O) groups is 2. The molecule has 0 fully saturated rings. The van der Waals surface area contributed by atoms with Crippen LogP contribution in [-0.4, -0.2) is 34.9 Å². The molecule has 1 aromatic heterocycles. The summed E-state index contributed by atoms with van der Waals surface area (Å²) >= 11 is 0. The number of esters is 1. The van der Waals surface area contributed by atoms with E-state index in [0.717, 1.165) is 16.9 Å². The largest absolute Gasteiger partial charge is 0.493 e. The highest BCUT2D eigenvalue weighted by molar-refractivity contribution is 5.97. The van der Waals surface area contributed by atoms with Crippen LogP contribution < -0.4 is 10.1 Å². The number of hydrogen-bond donors (Lipinski definition) is 1. The molecule has 3 rings (SSSR count). The SMILES string of the molecule is CCOc1ccccc1C(=O)OCC(=O)Nc1c(C)nn(-c2ccc(C)cc2)c1C. The zero-order valence-corrected chi connectivity index (χ0v) is 17.6. The summed E-state index contributed by atoms with van der Waals surface area (Å²) in [5.41, 5.74) is 4.41. The molecule has 0 aliphatic heterocycles. The maximum atomic E-state index is 12.4. The van der Waals surface area contributed by atoms with Crippen LogP contribution in [-0.2, 0) is 9.53 Å². The monoisotopic (exact) mass is 407 g/mol. The number of para-hydroxylation sites is 1. The van der Waals surface area contributed by atoms with E-state index >= 15 is 0 Å². The summed E-state index contributed by atoms with van der Waals surface area (Å²) in [5.74, 6) is -0.624. The van der Waals surface area contributed by atoms with Gasteiger partial charge in [0.1, 0.15) is 11.3 Å². The van der Waals surface area contributed by atoms with Gasteiger partial charge in [0.2, 0.25) is 0 Å². The number of aromatic nitrogens is 2. The summed E-state index contributed by atoms with van der Waals surface area (Å²) in [7, 11) is 0. The van der Waals surface area contributed by atoms with Gasteiger partial charge in [-0.1, -0.05) is 29.8 Å². The van der Waals surface area contributed by atoms with Crippen LogP contribution in [0.15, 0.2) is 48.5 Å². The highest BCUT2D eigenvalue weighted by atomic mass is 16.5. The Morgan fingerprint density at radius 2 is 1.73 bits per heavy atom. The summed E-state index contributed by atoms with van der Waals surface area (Å²) in [6.07, 6.45) is 0. The minimum Gasteiger partial charge on any atom is -0.493 e. The fourth-order valence-corrected chi connectivity index (χ4v) is 3.06. The Bertz CT molecular complexity index is 1050. The third-order valence-electron chi connectivity index (χ3n) is 4.58. The minimum atomic E-state index is -0.613. The van der Waals surface area contributed by atoms with Crippen LogP contribution in [0.5, 0.6) is 5.75 Å². The molecule has 0 saturated carbocycles. The van der Waals surface area contributed by atoms with Crippen molar-refractivity contribution in [2.75, 3.05) is 18.5 Å². The number of hydrogen-bond acceptors (Lipinski definition) is 5. The Balaban J connectivity index is 1.67. The molecule has 30 heavy (non-hydrogen) atoms. The lowest BCUT2D eigenvalue weighted by atomic mass is 10.2. The maximum Gasteiger partial charge on any atom is 0.342 e. The van der Waals surface area contributed by atoms with Gasteiger partial charge < -0.3 is 14.8 Å². The van der Waals surface area contributed by atoms with Crippen molar-refractivity contribution >= 4 is 17.6 Å². The van der Waals surface area contributed by atoms with Crippen molar-refractivity contribution in [3.8, 4) is 11.4 Å². The molecule has 1 N–H and O–H groups in total. The van der Waals surface area contributed by atoms with Crippen molar-refractivity contribution in [1.82, 2.24) is 9.78 Å². The van der Waals surface area contributed by atoms with Gasteiger partial charge in [0.05, 0.1) is 29.4 Å². The van der Waals surface area contributed by atoms with Crippen molar-refractivity contribution < 1.29 is 19.1 Å². The molecule has 0 aliphatic rings. The Morgan fingerprint density at radius 1 is 1.03 bits per heavy atom. The third kappa shape index (κ3) is 4.68.